The summed E-state index contributed by atoms with van der Waals surface area (Å²) in [7, 11) is 3.36. The number of pyridine rings is 2. The largest absolute Gasteiger partial charge is 0.433 e. The molecule has 170 valence electrons. The van der Waals surface area contributed by atoms with Crippen LogP contribution in [0.5, 0.6) is 0 Å². The summed E-state index contributed by atoms with van der Waals surface area (Å²) in [6.45, 7) is 0. The highest BCUT2D eigenvalue weighted by molar-refractivity contribution is 6.35. The van der Waals surface area contributed by atoms with Gasteiger partial charge in [-0.2, -0.15) is 18.3 Å². The van der Waals surface area contributed by atoms with Crippen LogP contribution in [0.25, 0.3) is 21.8 Å². The fourth-order valence-electron chi connectivity index (χ4n) is 4.49. The Morgan fingerprint density at radius 2 is 2.00 bits per heavy atom. The van der Waals surface area contributed by atoms with Crippen molar-refractivity contribution in [2.75, 3.05) is 12.8 Å². The quantitative estimate of drug-likeness (QED) is 0.461. The third-order valence-corrected chi connectivity index (χ3v) is 6.44. The van der Waals surface area contributed by atoms with Crippen molar-refractivity contribution in [1.82, 2.24) is 24.6 Å². The number of hydrogen-bond donors (Lipinski definition) is 1. The fraction of sp³-hybridized carbons (Fsp3) is 0.273. The van der Waals surface area contributed by atoms with Gasteiger partial charge < -0.3 is 10.6 Å². The van der Waals surface area contributed by atoms with Crippen LogP contribution in [0.15, 0.2) is 30.5 Å². The maximum atomic E-state index is 13.4. The van der Waals surface area contributed by atoms with Gasteiger partial charge in [0, 0.05) is 30.6 Å². The van der Waals surface area contributed by atoms with Gasteiger partial charge in [0.25, 0.3) is 5.91 Å². The lowest BCUT2D eigenvalue weighted by atomic mass is 10.0. The van der Waals surface area contributed by atoms with Crippen LogP contribution in [0, 0.1) is 0 Å². The summed E-state index contributed by atoms with van der Waals surface area (Å²) in [5.74, 6) is -0.0495. The van der Waals surface area contributed by atoms with Crippen molar-refractivity contribution in [3.8, 4) is 0 Å². The van der Waals surface area contributed by atoms with Gasteiger partial charge in [-0.3, -0.25) is 9.48 Å². The van der Waals surface area contributed by atoms with E-state index in [1.54, 1.807) is 37.1 Å². The number of nitrogens with two attached hydrogens (primary N) is 1. The Morgan fingerprint density at radius 3 is 2.73 bits per heavy atom. The Kier molecular flexibility index (Phi) is 4.75. The van der Waals surface area contributed by atoms with Gasteiger partial charge in [0.1, 0.15) is 17.0 Å². The molecule has 2 N–H and O–H groups in total. The Labute approximate surface area is 191 Å². The van der Waals surface area contributed by atoms with Crippen molar-refractivity contribution < 1.29 is 18.0 Å². The molecular weight excluding hydrogens is 457 g/mol. The Bertz CT molecular complexity index is 1450. The summed E-state index contributed by atoms with van der Waals surface area (Å²) < 4.78 is 40.6. The predicted molar refractivity (Wildman–Crippen MR) is 118 cm³/mol. The van der Waals surface area contributed by atoms with Crippen molar-refractivity contribution in [2.45, 2.75) is 25.1 Å². The van der Waals surface area contributed by atoms with Gasteiger partial charge in [0.05, 0.1) is 28.3 Å². The zero-order chi connectivity index (χ0) is 23.7. The summed E-state index contributed by atoms with van der Waals surface area (Å²) in [6.07, 6.45) is -2.03. The third-order valence-electron chi connectivity index (χ3n) is 6.13. The monoisotopic (exact) mass is 474 g/mol. The number of aryl methyl sites for hydroxylation is 2. The van der Waals surface area contributed by atoms with Crippen LogP contribution >= 0.6 is 11.6 Å². The van der Waals surface area contributed by atoms with Crippen LogP contribution < -0.4 is 5.73 Å². The Hall–Kier alpha value is -3.40. The molecule has 3 heterocycles. The molecule has 1 atom stereocenters. The summed E-state index contributed by atoms with van der Waals surface area (Å²) in [6, 6.07) is 5.19. The van der Waals surface area contributed by atoms with E-state index in [2.05, 4.69) is 15.1 Å². The standard InChI is InChI=1S/C22H18ClF3N6O/c1-31(17-5-4-15-10(17)3-6-18(29-15)22(24,25)26)21(33)12-7-11-13-9-28-32(2)19(13)20(27)30-16(11)8-14(12)23/h3,6-9,17H,4-5H2,1-2H3,(H2,27,30)/t17-/m0/s1. The number of benzene rings is 1. The lowest BCUT2D eigenvalue weighted by Gasteiger charge is -2.26. The molecule has 0 saturated carbocycles. The van der Waals surface area contributed by atoms with E-state index in [1.807, 2.05) is 0 Å². The van der Waals surface area contributed by atoms with E-state index in [0.717, 1.165) is 11.5 Å². The molecule has 1 amide bonds. The molecule has 0 unspecified atom stereocenters. The van der Waals surface area contributed by atoms with Crippen molar-refractivity contribution >= 4 is 45.1 Å². The molecule has 0 spiro atoms. The van der Waals surface area contributed by atoms with Crippen molar-refractivity contribution in [3.63, 3.8) is 0 Å². The van der Waals surface area contributed by atoms with Crippen LogP contribution in [-0.2, 0) is 19.6 Å². The number of nitrogens with zero attached hydrogens (tertiary/aromatic N) is 5. The number of anilines is 1. The van der Waals surface area contributed by atoms with E-state index < -0.39 is 17.9 Å². The van der Waals surface area contributed by atoms with Gasteiger partial charge >= 0.3 is 6.18 Å². The van der Waals surface area contributed by atoms with Gasteiger partial charge in [-0.25, -0.2) is 9.97 Å². The molecule has 33 heavy (non-hydrogen) atoms. The van der Waals surface area contributed by atoms with Crippen LogP contribution in [0.2, 0.25) is 5.02 Å². The zero-order valence-electron chi connectivity index (χ0n) is 17.6. The molecule has 11 heteroatoms. The van der Waals surface area contributed by atoms with Gasteiger partial charge in [0.2, 0.25) is 0 Å². The number of rotatable bonds is 2. The summed E-state index contributed by atoms with van der Waals surface area (Å²) >= 11 is 6.44. The lowest BCUT2D eigenvalue weighted by molar-refractivity contribution is -0.141. The van der Waals surface area contributed by atoms with Crippen LogP contribution in [0.4, 0.5) is 19.0 Å². The minimum Gasteiger partial charge on any atom is -0.382 e. The molecule has 7 nitrogen and oxygen atoms in total. The number of alkyl halides is 3. The normalized spacial score (nSPS) is 15.9. The second-order valence-corrected chi connectivity index (χ2v) is 8.48. The minimum atomic E-state index is -4.51. The number of fused-ring (bicyclic) bond motifs is 4. The second kappa shape index (κ2) is 7.31. The molecule has 0 aliphatic heterocycles. The molecule has 1 aromatic carbocycles. The number of hydrogen-bond acceptors (Lipinski definition) is 5. The number of nitrogen functional groups attached to an aromatic ring is 1. The number of amides is 1. The molecule has 0 radical (unpaired) electrons. The molecule has 0 saturated heterocycles. The highest BCUT2D eigenvalue weighted by Gasteiger charge is 2.36. The highest BCUT2D eigenvalue weighted by Crippen LogP contribution is 2.38. The summed E-state index contributed by atoms with van der Waals surface area (Å²) in [5, 5.41) is 5.86. The van der Waals surface area contributed by atoms with Crippen molar-refractivity contribution in [1.29, 1.82) is 0 Å². The fourth-order valence-corrected chi connectivity index (χ4v) is 4.73. The average Bonchev–Trinajstić information content (AvgIpc) is 3.35. The van der Waals surface area contributed by atoms with E-state index >= 15 is 0 Å². The van der Waals surface area contributed by atoms with E-state index in [-0.39, 0.29) is 16.5 Å². The zero-order valence-corrected chi connectivity index (χ0v) is 18.4. The van der Waals surface area contributed by atoms with Crippen LogP contribution in [0.1, 0.15) is 39.8 Å². The topological polar surface area (TPSA) is 89.9 Å². The first-order chi connectivity index (χ1) is 15.6. The summed E-state index contributed by atoms with van der Waals surface area (Å²) in [4.78, 5) is 23.1. The SMILES string of the molecule is CN(C(=O)c1cc2c(cc1Cl)nc(N)c1c2cnn1C)[C@H]1CCc2nc(C(F)(F)F)ccc21. The van der Waals surface area contributed by atoms with Gasteiger partial charge in [-0.05, 0) is 36.6 Å². The minimum absolute atomic E-state index is 0.207. The first-order valence-electron chi connectivity index (χ1n) is 10.1. The molecule has 0 fully saturated rings. The van der Waals surface area contributed by atoms with E-state index in [9.17, 15) is 18.0 Å². The maximum Gasteiger partial charge on any atom is 0.433 e. The Morgan fingerprint density at radius 1 is 1.24 bits per heavy atom. The van der Waals surface area contributed by atoms with Crippen LogP contribution in [-0.4, -0.2) is 37.6 Å². The number of carbonyl (C=O) groups is 1. The molecule has 1 aliphatic carbocycles. The molecule has 4 aromatic rings. The van der Waals surface area contributed by atoms with E-state index in [4.69, 9.17) is 17.3 Å². The molecule has 5 rings (SSSR count). The molecule has 1 aliphatic rings. The predicted octanol–water partition coefficient (Wildman–Crippen LogP) is 4.53. The maximum absolute atomic E-state index is 13.4. The van der Waals surface area contributed by atoms with E-state index in [1.165, 1.54) is 11.0 Å². The number of halogens is 4. The van der Waals surface area contributed by atoms with Crippen LogP contribution in [0.3, 0.4) is 0 Å². The molecule has 0 bridgehead atoms. The van der Waals surface area contributed by atoms with Gasteiger partial charge in [0.15, 0.2) is 0 Å². The smallest absolute Gasteiger partial charge is 0.382 e. The number of aromatic nitrogens is 4. The highest BCUT2D eigenvalue weighted by atomic mass is 35.5. The lowest BCUT2D eigenvalue weighted by Crippen LogP contribution is -2.30. The van der Waals surface area contributed by atoms with Gasteiger partial charge in [-0.15, -0.1) is 0 Å². The third kappa shape index (κ3) is 3.36. The Balaban J connectivity index is 1.54. The average molecular weight is 475 g/mol. The van der Waals surface area contributed by atoms with Gasteiger partial charge in [-0.1, -0.05) is 17.7 Å². The molecular formula is C22H18ClF3N6O. The number of carbonyl (C=O) groups excluding carboxylic acids is 1. The molecule has 3 aromatic heterocycles. The second-order valence-electron chi connectivity index (χ2n) is 8.08. The summed E-state index contributed by atoms with van der Waals surface area (Å²) in [5.41, 5.74) is 7.54. The first kappa shape index (κ1) is 21.4. The first-order valence-corrected chi connectivity index (χ1v) is 10.5. The van der Waals surface area contributed by atoms with Crippen molar-refractivity contribution in [2.24, 2.45) is 7.05 Å². The van der Waals surface area contributed by atoms with E-state index in [0.29, 0.717) is 46.3 Å². The van der Waals surface area contributed by atoms with Crippen molar-refractivity contribution in [3.05, 3.63) is 58.0 Å².